The van der Waals surface area contributed by atoms with E-state index in [1.54, 1.807) is 0 Å². The molecule has 1 fully saturated rings. The largest absolute Gasteiger partial charge is 0.368 e. The Kier molecular flexibility index (Phi) is 5.68. The van der Waals surface area contributed by atoms with E-state index in [1.807, 2.05) is 72.0 Å². The molecule has 0 saturated carbocycles. The number of aryl methyl sites for hydroxylation is 2. The van der Waals surface area contributed by atoms with Gasteiger partial charge in [0.05, 0.1) is 22.8 Å². The average molecular weight is 424 g/mol. The van der Waals surface area contributed by atoms with Gasteiger partial charge >= 0.3 is 6.03 Å². The third-order valence-electron chi connectivity index (χ3n) is 5.60. The van der Waals surface area contributed by atoms with Crippen molar-refractivity contribution in [1.82, 2.24) is 14.7 Å². The summed E-state index contributed by atoms with van der Waals surface area (Å²) < 4.78 is 1.87. The van der Waals surface area contributed by atoms with Crippen molar-refractivity contribution in [1.29, 1.82) is 0 Å². The van der Waals surface area contributed by atoms with Crippen LogP contribution in [0.25, 0.3) is 5.69 Å². The molecular weight excluding hydrogens is 398 g/mol. The van der Waals surface area contributed by atoms with Crippen LogP contribution in [0.2, 0.25) is 5.02 Å². The first-order valence-electron chi connectivity index (χ1n) is 10.1. The number of carbonyl (C=O) groups is 1. The van der Waals surface area contributed by atoms with Crippen LogP contribution in [0, 0.1) is 20.8 Å². The van der Waals surface area contributed by atoms with Gasteiger partial charge in [-0.3, -0.25) is 0 Å². The van der Waals surface area contributed by atoms with E-state index in [1.165, 1.54) is 5.56 Å². The van der Waals surface area contributed by atoms with Crippen molar-refractivity contribution in [3.63, 3.8) is 0 Å². The van der Waals surface area contributed by atoms with Crippen LogP contribution in [0.15, 0.2) is 48.5 Å². The lowest BCUT2D eigenvalue weighted by molar-refractivity contribution is 0.208. The minimum atomic E-state index is -0.0868. The van der Waals surface area contributed by atoms with Crippen molar-refractivity contribution in [3.8, 4) is 5.69 Å². The van der Waals surface area contributed by atoms with Gasteiger partial charge in [-0.05, 0) is 50.6 Å². The highest BCUT2D eigenvalue weighted by molar-refractivity contribution is 6.30. The maximum atomic E-state index is 12.9. The summed E-state index contributed by atoms with van der Waals surface area (Å²) in [6.45, 7) is 8.84. The second-order valence-corrected chi connectivity index (χ2v) is 8.06. The summed E-state index contributed by atoms with van der Waals surface area (Å²) >= 11 is 6.17. The van der Waals surface area contributed by atoms with E-state index in [2.05, 4.69) is 22.2 Å². The molecule has 0 bridgehead atoms. The number of urea groups is 1. The molecule has 1 aromatic heterocycles. The Morgan fingerprint density at radius 3 is 2.40 bits per heavy atom. The molecule has 2 amide bonds. The van der Waals surface area contributed by atoms with Crippen LogP contribution < -0.4 is 10.2 Å². The lowest BCUT2D eigenvalue weighted by Crippen LogP contribution is -2.50. The van der Waals surface area contributed by atoms with E-state index in [9.17, 15) is 4.79 Å². The van der Waals surface area contributed by atoms with E-state index < -0.39 is 0 Å². The summed E-state index contributed by atoms with van der Waals surface area (Å²) in [5, 5.41) is 8.42. The Morgan fingerprint density at radius 1 is 1.00 bits per heavy atom. The summed E-state index contributed by atoms with van der Waals surface area (Å²) in [6, 6.07) is 15.8. The van der Waals surface area contributed by atoms with Crippen molar-refractivity contribution >= 4 is 29.0 Å². The second kappa shape index (κ2) is 8.40. The second-order valence-electron chi connectivity index (χ2n) is 7.63. The Balaban J connectivity index is 1.43. The van der Waals surface area contributed by atoms with Crippen LogP contribution in [-0.4, -0.2) is 46.9 Å². The van der Waals surface area contributed by atoms with Crippen molar-refractivity contribution in [2.45, 2.75) is 20.8 Å². The Morgan fingerprint density at radius 2 is 1.70 bits per heavy atom. The minimum Gasteiger partial charge on any atom is -0.368 e. The predicted octanol–water partition coefficient (Wildman–Crippen LogP) is 4.81. The Labute approximate surface area is 182 Å². The minimum absolute atomic E-state index is 0.0868. The number of amides is 2. The summed E-state index contributed by atoms with van der Waals surface area (Å²) in [5.41, 5.74) is 5.80. The Hall–Kier alpha value is -2.99. The fraction of sp³-hybridized carbons (Fsp3) is 0.304. The van der Waals surface area contributed by atoms with E-state index >= 15 is 0 Å². The smallest absolute Gasteiger partial charge is 0.322 e. The normalized spacial score (nSPS) is 14.1. The molecule has 1 saturated heterocycles. The SMILES string of the molecule is Cc1ccc(Cl)cc1N1CCN(C(=O)Nc2c(C)nn(-c3ccccc3)c2C)CC1. The summed E-state index contributed by atoms with van der Waals surface area (Å²) in [5.74, 6) is 0. The third kappa shape index (κ3) is 4.00. The lowest BCUT2D eigenvalue weighted by Gasteiger charge is -2.36. The van der Waals surface area contributed by atoms with Crippen LogP contribution >= 0.6 is 11.6 Å². The maximum Gasteiger partial charge on any atom is 0.322 e. The van der Waals surface area contributed by atoms with Gasteiger partial charge in [0.15, 0.2) is 0 Å². The fourth-order valence-corrected chi connectivity index (χ4v) is 4.07. The highest BCUT2D eigenvalue weighted by Gasteiger charge is 2.24. The number of nitrogens with one attached hydrogen (secondary N) is 1. The van der Waals surface area contributed by atoms with Crippen molar-refractivity contribution in [3.05, 3.63) is 70.5 Å². The van der Waals surface area contributed by atoms with Gasteiger partial charge < -0.3 is 15.1 Å². The molecule has 1 aliphatic heterocycles. The molecule has 3 aromatic rings. The molecule has 7 heteroatoms. The topological polar surface area (TPSA) is 53.4 Å². The van der Waals surface area contributed by atoms with Gasteiger partial charge in [0.1, 0.15) is 0 Å². The van der Waals surface area contributed by atoms with Gasteiger partial charge in [0, 0.05) is 36.9 Å². The molecule has 0 unspecified atom stereocenters. The van der Waals surface area contributed by atoms with E-state index in [-0.39, 0.29) is 6.03 Å². The first-order valence-corrected chi connectivity index (χ1v) is 10.5. The highest BCUT2D eigenvalue weighted by Crippen LogP contribution is 2.26. The number of carbonyl (C=O) groups excluding carboxylic acids is 1. The standard InChI is InChI=1S/C23H26ClN5O/c1-16-9-10-19(24)15-21(16)27-11-13-28(14-12-27)23(30)25-22-17(2)26-29(18(22)3)20-7-5-4-6-8-20/h4-10,15H,11-14H2,1-3H3,(H,25,30). The molecule has 2 aromatic carbocycles. The zero-order valence-corrected chi connectivity index (χ0v) is 18.3. The maximum absolute atomic E-state index is 12.9. The zero-order chi connectivity index (χ0) is 21.3. The molecule has 0 radical (unpaired) electrons. The fourth-order valence-electron chi connectivity index (χ4n) is 3.90. The molecule has 6 nitrogen and oxygen atoms in total. The number of anilines is 2. The van der Waals surface area contributed by atoms with Crippen LogP contribution in [-0.2, 0) is 0 Å². The van der Waals surface area contributed by atoms with Crippen LogP contribution in [0.3, 0.4) is 0 Å². The third-order valence-corrected chi connectivity index (χ3v) is 5.84. The molecule has 0 atom stereocenters. The van der Waals surface area contributed by atoms with E-state index in [0.717, 1.165) is 46.6 Å². The number of nitrogens with zero attached hydrogens (tertiary/aromatic N) is 4. The molecular formula is C23H26ClN5O. The van der Waals surface area contributed by atoms with Gasteiger partial charge in [-0.25, -0.2) is 9.48 Å². The van der Waals surface area contributed by atoms with Gasteiger partial charge in [-0.1, -0.05) is 35.9 Å². The number of para-hydroxylation sites is 1. The van der Waals surface area contributed by atoms with Gasteiger partial charge in [0.2, 0.25) is 0 Å². The van der Waals surface area contributed by atoms with Gasteiger partial charge in [0.25, 0.3) is 0 Å². The summed E-state index contributed by atoms with van der Waals surface area (Å²) in [7, 11) is 0. The molecule has 30 heavy (non-hydrogen) atoms. The van der Waals surface area contributed by atoms with Crippen molar-refractivity contribution in [2.75, 3.05) is 36.4 Å². The average Bonchev–Trinajstić information content (AvgIpc) is 3.04. The molecule has 4 rings (SSSR count). The first-order chi connectivity index (χ1) is 14.4. The summed E-state index contributed by atoms with van der Waals surface area (Å²) in [6.07, 6.45) is 0. The number of halogens is 1. The number of rotatable bonds is 3. The number of benzene rings is 2. The van der Waals surface area contributed by atoms with Crippen LogP contribution in [0.1, 0.15) is 17.0 Å². The number of hydrogen-bond donors (Lipinski definition) is 1. The lowest BCUT2D eigenvalue weighted by atomic mass is 10.1. The quantitative estimate of drug-likeness (QED) is 0.658. The molecule has 1 aliphatic rings. The molecule has 2 heterocycles. The number of hydrogen-bond acceptors (Lipinski definition) is 3. The summed E-state index contributed by atoms with van der Waals surface area (Å²) in [4.78, 5) is 17.1. The van der Waals surface area contributed by atoms with E-state index in [0.29, 0.717) is 13.1 Å². The van der Waals surface area contributed by atoms with Crippen LogP contribution in [0.5, 0.6) is 0 Å². The first kappa shape index (κ1) is 20.3. The predicted molar refractivity (Wildman–Crippen MR) is 122 cm³/mol. The van der Waals surface area contributed by atoms with Crippen LogP contribution in [0.4, 0.5) is 16.2 Å². The molecule has 156 valence electrons. The molecule has 0 spiro atoms. The van der Waals surface area contributed by atoms with Crippen molar-refractivity contribution < 1.29 is 4.79 Å². The van der Waals surface area contributed by atoms with Crippen molar-refractivity contribution in [2.24, 2.45) is 0 Å². The van der Waals surface area contributed by atoms with Gasteiger partial charge in [-0.2, -0.15) is 5.10 Å². The molecule has 1 N–H and O–H groups in total. The monoisotopic (exact) mass is 423 g/mol. The zero-order valence-electron chi connectivity index (χ0n) is 17.5. The number of aromatic nitrogens is 2. The van der Waals surface area contributed by atoms with Gasteiger partial charge in [-0.15, -0.1) is 0 Å². The number of piperazine rings is 1. The Bertz CT molecular complexity index is 1050. The molecule has 0 aliphatic carbocycles. The highest BCUT2D eigenvalue weighted by atomic mass is 35.5. The van der Waals surface area contributed by atoms with E-state index in [4.69, 9.17) is 11.6 Å².